The number of nitrogens with two attached hydrogens (primary N) is 5. The maximum atomic E-state index is 5.66. The fourth-order valence-corrected chi connectivity index (χ4v) is 1.97. The third kappa shape index (κ3) is 5.08. The van der Waals surface area contributed by atoms with Crippen LogP contribution in [-0.4, -0.2) is 19.9 Å². The van der Waals surface area contributed by atoms with Crippen LogP contribution in [0.3, 0.4) is 0 Å². The van der Waals surface area contributed by atoms with E-state index in [-0.39, 0.29) is 11.6 Å². The Morgan fingerprint density at radius 1 is 0.731 bits per heavy atom. The van der Waals surface area contributed by atoms with Gasteiger partial charge in [-0.1, -0.05) is 17.9 Å². The number of nitrogens with zero attached hydrogens (tertiary/aromatic N) is 4. The van der Waals surface area contributed by atoms with Crippen molar-refractivity contribution < 1.29 is 0 Å². The Balaban J connectivity index is 0.000000228. The number of anilines is 5. The van der Waals surface area contributed by atoms with Crippen LogP contribution in [0.1, 0.15) is 11.1 Å². The van der Waals surface area contributed by atoms with Crippen LogP contribution in [0.2, 0.25) is 0 Å². The number of benzene rings is 1. The number of nitrogen functional groups attached to an aromatic ring is 5. The number of aromatic nitrogens is 4. The van der Waals surface area contributed by atoms with Crippen LogP contribution in [0.15, 0.2) is 36.9 Å². The van der Waals surface area contributed by atoms with Gasteiger partial charge in [-0.2, -0.15) is 0 Å². The monoisotopic (exact) mass is 461 g/mol. The predicted octanol–water partition coefficient (Wildman–Crippen LogP) is 0.869. The van der Waals surface area contributed by atoms with Crippen molar-refractivity contribution in [2.45, 2.75) is 0 Å². The molecule has 0 atom stereocenters. The lowest BCUT2D eigenvalue weighted by Crippen LogP contribution is -2.01. The molecule has 0 aliphatic heterocycles. The lowest BCUT2D eigenvalue weighted by molar-refractivity contribution is 1.17. The molecule has 0 spiro atoms. The molecule has 2 aromatic heterocycles. The van der Waals surface area contributed by atoms with Gasteiger partial charge in [-0.3, -0.25) is 0 Å². The van der Waals surface area contributed by atoms with E-state index in [9.17, 15) is 0 Å². The molecule has 9 nitrogen and oxygen atoms in total. The lowest BCUT2D eigenvalue weighted by atomic mass is 10.2. The maximum absolute atomic E-state index is 5.66. The molecule has 10 N–H and O–H groups in total. The molecule has 10 heteroatoms. The van der Waals surface area contributed by atoms with Crippen LogP contribution in [0.25, 0.3) is 0 Å². The van der Waals surface area contributed by atoms with Crippen molar-refractivity contribution in [3.8, 4) is 11.8 Å². The highest BCUT2D eigenvalue weighted by molar-refractivity contribution is 14.1. The lowest BCUT2D eigenvalue weighted by Gasteiger charge is -1.99. The summed E-state index contributed by atoms with van der Waals surface area (Å²) in [5.74, 6) is 7.17. The second-order valence-corrected chi connectivity index (χ2v) is 5.93. The third-order valence-electron chi connectivity index (χ3n) is 2.97. The largest absolute Gasteiger partial charge is 0.399 e. The van der Waals surface area contributed by atoms with E-state index >= 15 is 0 Å². The summed E-state index contributed by atoms with van der Waals surface area (Å²) in [6.45, 7) is 0. The van der Waals surface area contributed by atoms with E-state index in [4.69, 9.17) is 28.7 Å². The molecule has 0 aliphatic carbocycles. The van der Waals surface area contributed by atoms with Crippen LogP contribution in [0, 0.1) is 15.4 Å². The zero-order valence-electron chi connectivity index (χ0n) is 13.5. The Bertz CT molecular complexity index is 938. The summed E-state index contributed by atoms with van der Waals surface area (Å²) in [6, 6.07) is 7.23. The van der Waals surface area contributed by atoms with Gasteiger partial charge >= 0.3 is 0 Å². The Morgan fingerprint density at radius 3 is 1.77 bits per heavy atom. The van der Waals surface area contributed by atoms with Gasteiger partial charge in [0.25, 0.3) is 0 Å². The third-order valence-corrected chi connectivity index (χ3v) is 4.07. The summed E-state index contributed by atoms with van der Waals surface area (Å²) in [6.07, 6.45) is 2.64. The van der Waals surface area contributed by atoms with Crippen molar-refractivity contribution in [2.75, 3.05) is 28.7 Å². The molecule has 0 fully saturated rings. The van der Waals surface area contributed by atoms with Crippen molar-refractivity contribution >= 4 is 51.5 Å². The van der Waals surface area contributed by atoms with Gasteiger partial charge in [-0.15, -0.1) is 0 Å². The highest BCUT2D eigenvalue weighted by Crippen LogP contribution is 2.15. The van der Waals surface area contributed by atoms with Gasteiger partial charge in [0, 0.05) is 11.3 Å². The minimum atomic E-state index is 0.272. The predicted molar refractivity (Wildman–Crippen MR) is 111 cm³/mol. The Kier molecular flexibility index (Phi) is 6.34. The summed E-state index contributed by atoms with van der Waals surface area (Å²) in [4.78, 5) is 15.1. The quantitative estimate of drug-likeness (QED) is 0.184. The van der Waals surface area contributed by atoms with Crippen molar-refractivity contribution in [3.63, 3.8) is 0 Å². The average molecular weight is 461 g/mol. The van der Waals surface area contributed by atoms with Gasteiger partial charge in [0.05, 0.1) is 3.57 Å². The van der Waals surface area contributed by atoms with Crippen LogP contribution >= 0.6 is 22.6 Å². The molecule has 3 rings (SSSR count). The van der Waals surface area contributed by atoms with Crippen molar-refractivity contribution in [1.29, 1.82) is 0 Å². The molecule has 0 bridgehead atoms. The Morgan fingerprint density at radius 2 is 1.27 bits per heavy atom. The topological polar surface area (TPSA) is 182 Å². The van der Waals surface area contributed by atoms with Crippen LogP contribution in [0.5, 0.6) is 0 Å². The Hall–Kier alpha value is -3.33. The highest BCUT2D eigenvalue weighted by atomic mass is 127. The molecule has 0 saturated heterocycles. The minimum Gasteiger partial charge on any atom is -0.399 e. The molecular weight excluding hydrogens is 445 g/mol. The number of hydrogen-bond donors (Lipinski definition) is 5. The molecule has 0 amide bonds. The van der Waals surface area contributed by atoms with Crippen molar-refractivity contribution in [1.82, 2.24) is 19.9 Å². The second kappa shape index (κ2) is 8.67. The summed E-state index contributed by atoms with van der Waals surface area (Å²) in [5, 5.41) is 0. The first-order valence-corrected chi connectivity index (χ1v) is 8.21. The fourth-order valence-electron chi connectivity index (χ4n) is 1.69. The van der Waals surface area contributed by atoms with E-state index in [0.29, 0.717) is 22.9 Å². The average Bonchev–Trinajstić information content (AvgIpc) is 2.60. The highest BCUT2D eigenvalue weighted by Gasteiger charge is 2.02. The molecular formula is C16H16IN9. The smallest absolute Gasteiger partial charge is 0.144 e. The molecule has 0 aliphatic rings. The SMILES string of the molecule is Nc1cccc(C#Cc2c(N)ncnc2N)c1.Nc1ncnc(N)c1I. The number of hydrogen-bond acceptors (Lipinski definition) is 9. The maximum Gasteiger partial charge on any atom is 0.144 e. The van der Waals surface area contributed by atoms with Gasteiger partial charge in [-0.05, 0) is 40.8 Å². The van der Waals surface area contributed by atoms with Crippen LogP contribution in [0.4, 0.5) is 29.0 Å². The summed E-state index contributed by atoms with van der Waals surface area (Å²) < 4.78 is 0.718. The van der Waals surface area contributed by atoms with E-state index in [1.54, 1.807) is 12.1 Å². The Labute approximate surface area is 163 Å². The molecule has 0 saturated carbocycles. The van der Waals surface area contributed by atoms with Crippen LogP contribution < -0.4 is 28.7 Å². The van der Waals surface area contributed by atoms with E-state index in [0.717, 1.165) is 9.13 Å². The minimum absolute atomic E-state index is 0.272. The van der Waals surface area contributed by atoms with Gasteiger partial charge in [0.2, 0.25) is 0 Å². The van der Waals surface area contributed by atoms with E-state index in [1.165, 1.54) is 12.7 Å². The molecule has 132 valence electrons. The van der Waals surface area contributed by atoms with Gasteiger partial charge in [0.15, 0.2) is 0 Å². The van der Waals surface area contributed by atoms with Gasteiger partial charge in [0.1, 0.15) is 41.5 Å². The van der Waals surface area contributed by atoms with E-state index < -0.39 is 0 Å². The number of rotatable bonds is 0. The summed E-state index contributed by atoms with van der Waals surface area (Å²) in [5.41, 5.74) is 29.6. The molecule has 1 aromatic carbocycles. The zero-order valence-corrected chi connectivity index (χ0v) is 15.7. The van der Waals surface area contributed by atoms with Crippen LogP contribution in [-0.2, 0) is 0 Å². The molecule has 3 aromatic rings. The first-order chi connectivity index (χ1) is 12.4. The summed E-state index contributed by atoms with van der Waals surface area (Å²) >= 11 is 1.99. The first kappa shape index (κ1) is 19.0. The van der Waals surface area contributed by atoms with E-state index in [1.807, 2.05) is 34.7 Å². The van der Waals surface area contributed by atoms with Gasteiger partial charge in [-0.25, -0.2) is 19.9 Å². The standard InChI is InChI=1S/C12H11N5.C4H5IN4/c13-9-3-1-2-8(6-9)4-5-10-11(14)16-7-17-12(10)15;5-2-3(6)8-1-9-4(2)7/h1-3,6-7H,13H2,(H4,14,15,16,17);1H,(H4,6,7,8,9). The molecule has 0 unspecified atom stereocenters. The van der Waals surface area contributed by atoms with E-state index in [2.05, 4.69) is 31.8 Å². The zero-order chi connectivity index (χ0) is 19.1. The van der Waals surface area contributed by atoms with Crippen molar-refractivity contribution in [2.24, 2.45) is 0 Å². The first-order valence-electron chi connectivity index (χ1n) is 7.13. The second-order valence-electron chi connectivity index (χ2n) is 4.85. The van der Waals surface area contributed by atoms with Gasteiger partial charge < -0.3 is 28.7 Å². The molecule has 0 radical (unpaired) electrons. The van der Waals surface area contributed by atoms with Crippen molar-refractivity contribution in [3.05, 3.63) is 51.6 Å². The molecule has 2 heterocycles. The number of halogens is 1. The molecule has 26 heavy (non-hydrogen) atoms. The normalized spacial score (nSPS) is 9.42. The summed E-state index contributed by atoms with van der Waals surface area (Å²) in [7, 11) is 0. The fraction of sp³-hybridized carbons (Fsp3) is 0.